The Kier molecular flexibility index (Phi) is 6.72. The van der Waals surface area contributed by atoms with E-state index in [0.717, 1.165) is 11.3 Å². The highest BCUT2D eigenvalue weighted by Gasteiger charge is 2.36. The standard InChI is InChI=1S/C23H26N2O5/c1-15(2)30-20-9-7-19(8-10-20)25-13-17(12-22(25)27)23(28)29-14-21(26)24-18-6-4-5-16(3)11-18/h4-11,15,17H,12-14H2,1-3H3,(H,24,26)/t17-/m0/s1. The van der Waals surface area contributed by atoms with Crippen LogP contribution >= 0.6 is 0 Å². The van der Waals surface area contributed by atoms with E-state index in [4.69, 9.17) is 9.47 Å². The smallest absolute Gasteiger partial charge is 0.311 e. The maximum Gasteiger partial charge on any atom is 0.311 e. The molecule has 7 heteroatoms. The maximum absolute atomic E-state index is 12.4. The molecule has 1 atom stereocenters. The number of nitrogens with zero attached hydrogens (tertiary/aromatic N) is 1. The number of aryl methyl sites for hydroxylation is 1. The van der Waals surface area contributed by atoms with Crippen LogP contribution in [0.3, 0.4) is 0 Å². The second-order valence-corrected chi connectivity index (χ2v) is 7.59. The SMILES string of the molecule is Cc1cccc(NC(=O)COC(=O)[C@H]2CC(=O)N(c3ccc(OC(C)C)cc3)C2)c1. The van der Waals surface area contributed by atoms with Gasteiger partial charge in [-0.3, -0.25) is 14.4 Å². The molecule has 0 bridgehead atoms. The fraction of sp³-hybridized carbons (Fsp3) is 0.348. The molecule has 2 amide bonds. The molecule has 0 unspecified atom stereocenters. The number of hydrogen-bond donors (Lipinski definition) is 1. The van der Waals surface area contributed by atoms with Gasteiger partial charge in [0, 0.05) is 24.3 Å². The second-order valence-electron chi connectivity index (χ2n) is 7.59. The zero-order valence-corrected chi connectivity index (χ0v) is 17.4. The molecule has 1 N–H and O–H groups in total. The predicted molar refractivity (Wildman–Crippen MR) is 113 cm³/mol. The summed E-state index contributed by atoms with van der Waals surface area (Å²) in [5.41, 5.74) is 2.35. The van der Waals surface area contributed by atoms with E-state index in [0.29, 0.717) is 11.4 Å². The minimum absolute atomic E-state index is 0.0581. The van der Waals surface area contributed by atoms with Gasteiger partial charge in [0.1, 0.15) is 5.75 Å². The number of rotatable bonds is 7. The van der Waals surface area contributed by atoms with E-state index in [-0.39, 0.29) is 25.0 Å². The molecule has 1 heterocycles. The molecule has 3 rings (SSSR count). The van der Waals surface area contributed by atoms with Gasteiger partial charge in [0.15, 0.2) is 6.61 Å². The Morgan fingerprint density at radius 1 is 1.17 bits per heavy atom. The van der Waals surface area contributed by atoms with E-state index in [1.165, 1.54) is 0 Å². The van der Waals surface area contributed by atoms with Gasteiger partial charge in [-0.25, -0.2) is 0 Å². The molecule has 0 spiro atoms. The fourth-order valence-electron chi connectivity index (χ4n) is 3.27. The van der Waals surface area contributed by atoms with Crippen LogP contribution in [0.5, 0.6) is 5.75 Å². The van der Waals surface area contributed by atoms with Crippen LogP contribution in [0.25, 0.3) is 0 Å². The van der Waals surface area contributed by atoms with Crippen LogP contribution < -0.4 is 15.0 Å². The van der Waals surface area contributed by atoms with E-state index < -0.39 is 24.4 Å². The van der Waals surface area contributed by atoms with Gasteiger partial charge in [-0.1, -0.05) is 12.1 Å². The van der Waals surface area contributed by atoms with Crippen molar-refractivity contribution in [2.45, 2.75) is 33.3 Å². The van der Waals surface area contributed by atoms with Gasteiger partial charge in [-0.2, -0.15) is 0 Å². The number of benzene rings is 2. The molecule has 1 aliphatic heterocycles. The van der Waals surface area contributed by atoms with Crippen LogP contribution in [0, 0.1) is 12.8 Å². The number of hydrogen-bond acceptors (Lipinski definition) is 5. The number of carbonyl (C=O) groups is 3. The number of carbonyl (C=O) groups excluding carboxylic acids is 3. The van der Waals surface area contributed by atoms with Crippen molar-refractivity contribution in [3.8, 4) is 5.75 Å². The molecule has 0 aromatic heterocycles. The largest absolute Gasteiger partial charge is 0.491 e. The molecular formula is C23H26N2O5. The molecule has 2 aromatic carbocycles. The zero-order valence-electron chi connectivity index (χ0n) is 17.4. The van der Waals surface area contributed by atoms with Crippen molar-refractivity contribution in [3.05, 3.63) is 54.1 Å². The van der Waals surface area contributed by atoms with Crippen molar-refractivity contribution in [1.29, 1.82) is 0 Å². The molecule has 7 nitrogen and oxygen atoms in total. The molecule has 2 aromatic rings. The number of anilines is 2. The van der Waals surface area contributed by atoms with E-state index in [1.807, 2.05) is 39.0 Å². The maximum atomic E-state index is 12.4. The molecule has 30 heavy (non-hydrogen) atoms. The summed E-state index contributed by atoms with van der Waals surface area (Å²) >= 11 is 0. The number of nitrogens with one attached hydrogen (secondary N) is 1. The summed E-state index contributed by atoms with van der Waals surface area (Å²) in [5, 5.41) is 2.69. The van der Waals surface area contributed by atoms with Crippen LogP contribution in [-0.4, -0.2) is 37.0 Å². The minimum Gasteiger partial charge on any atom is -0.491 e. The summed E-state index contributed by atoms with van der Waals surface area (Å²) in [6.45, 7) is 5.63. The fourth-order valence-corrected chi connectivity index (χ4v) is 3.27. The summed E-state index contributed by atoms with van der Waals surface area (Å²) < 4.78 is 10.7. The van der Waals surface area contributed by atoms with Crippen LogP contribution in [0.4, 0.5) is 11.4 Å². The third kappa shape index (κ3) is 5.59. The molecule has 1 saturated heterocycles. The molecule has 0 aliphatic carbocycles. The second kappa shape index (κ2) is 9.43. The Hall–Kier alpha value is -3.35. The average Bonchev–Trinajstić information content (AvgIpc) is 3.08. The van der Waals surface area contributed by atoms with Crippen molar-refractivity contribution in [2.75, 3.05) is 23.4 Å². The first-order valence-corrected chi connectivity index (χ1v) is 9.92. The van der Waals surface area contributed by atoms with E-state index >= 15 is 0 Å². The van der Waals surface area contributed by atoms with Crippen LogP contribution in [0.2, 0.25) is 0 Å². The van der Waals surface area contributed by atoms with Gasteiger partial charge in [0.25, 0.3) is 5.91 Å². The van der Waals surface area contributed by atoms with Crippen molar-refractivity contribution in [1.82, 2.24) is 0 Å². The highest BCUT2D eigenvalue weighted by molar-refractivity contribution is 6.00. The van der Waals surface area contributed by atoms with Crippen LogP contribution in [0.1, 0.15) is 25.8 Å². The van der Waals surface area contributed by atoms with Gasteiger partial charge in [-0.15, -0.1) is 0 Å². The first-order chi connectivity index (χ1) is 14.3. The van der Waals surface area contributed by atoms with E-state index in [9.17, 15) is 14.4 Å². The Balaban J connectivity index is 1.51. The molecule has 0 radical (unpaired) electrons. The topological polar surface area (TPSA) is 84.9 Å². The minimum atomic E-state index is -0.601. The number of amides is 2. The highest BCUT2D eigenvalue weighted by atomic mass is 16.5. The molecular weight excluding hydrogens is 384 g/mol. The summed E-state index contributed by atoms with van der Waals surface area (Å²) in [6.07, 6.45) is 0.120. The number of ether oxygens (including phenoxy) is 2. The summed E-state index contributed by atoms with van der Waals surface area (Å²) in [7, 11) is 0. The van der Waals surface area contributed by atoms with E-state index in [2.05, 4.69) is 5.32 Å². The van der Waals surface area contributed by atoms with Crippen LogP contribution in [0.15, 0.2) is 48.5 Å². The highest BCUT2D eigenvalue weighted by Crippen LogP contribution is 2.27. The predicted octanol–water partition coefficient (Wildman–Crippen LogP) is 3.32. The summed E-state index contributed by atoms with van der Waals surface area (Å²) in [6, 6.07) is 14.5. The van der Waals surface area contributed by atoms with Crippen molar-refractivity contribution >= 4 is 29.2 Å². The van der Waals surface area contributed by atoms with Gasteiger partial charge >= 0.3 is 5.97 Å². The van der Waals surface area contributed by atoms with Crippen molar-refractivity contribution < 1.29 is 23.9 Å². The molecule has 158 valence electrons. The molecule has 1 aliphatic rings. The third-order valence-corrected chi connectivity index (χ3v) is 4.63. The Labute approximate surface area is 176 Å². The summed E-state index contributed by atoms with van der Waals surface area (Å²) in [4.78, 5) is 38.3. The number of esters is 1. The zero-order chi connectivity index (χ0) is 21.7. The Morgan fingerprint density at radius 3 is 2.57 bits per heavy atom. The van der Waals surface area contributed by atoms with Crippen molar-refractivity contribution in [2.24, 2.45) is 5.92 Å². The molecule has 0 saturated carbocycles. The first kappa shape index (κ1) is 21.4. The van der Waals surface area contributed by atoms with Gasteiger partial charge < -0.3 is 19.7 Å². The Bertz CT molecular complexity index is 923. The first-order valence-electron chi connectivity index (χ1n) is 9.92. The van der Waals surface area contributed by atoms with Gasteiger partial charge in [0.2, 0.25) is 5.91 Å². The lowest BCUT2D eigenvalue weighted by Gasteiger charge is -2.17. The van der Waals surface area contributed by atoms with Crippen LogP contribution in [-0.2, 0) is 19.1 Å². The van der Waals surface area contributed by atoms with E-state index in [1.54, 1.807) is 35.2 Å². The third-order valence-electron chi connectivity index (χ3n) is 4.63. The summed E-state index contributed by atoms with van der Waals surface area (Å²) in [5.74, 6) is -1.01. The van der Waals surface area contributed by atoms with Crippen molar-refractivity contribution in [3.63, 3.8) is 0 Å². The lowest BCUT2D eigenvalue weighted by molar-refractivity contribution is -0.151. The lowest BCUT2D eigenvalue weighted by atomic mass is 10.1. The lowest BCUT2D eigenvalue weighted by Crippen LogP contribution is -2.28. The monoisotopic (exact) mass is 410 g/mol. The average molecular weight is 410 g/mol. The normalized spacial score (nSPS) is 15.9. The molecule has 1 fully saturated rings. The Morgan fingerprint density at radius 2 is 1.90 bits per heavy atom. The quantitative estimate of drug-likeness (QED) is 0.708. The van der Waals surface area contributed by atoms with Gasteiger partial charge in [0.05, 0.1) is 12.0 Å². The van der Waals surface area contributed by atoms with Gasteiger partial charge in [-0.05, 0) is 62.7 Å².